The summed E-state index contributed by atoms with van der Waals surface area (Å²) in [6.07, 6.45) is 3.79. The maximum atomic E-state index is 13.1. The predicted molar refractivity (Wildman–Crippen MR) is 104 cm³/mol. The van der Waals surface area contributed by atoms with Gasteiger partial charge in [-0.05, 0) is 42.9 Å². The molecule has 0 bridgehead atoms. The van der Waals surface area contributed by atoms with E-state index in [1.165, 1.54) is 12.1 Å². The number of hydrogen-bond donors (Lipinski definition) is 2. The van der Waals surface area contributed by atoms with Crippen molar-refractivity contribution in [2.24, 2.45) is 5.10 Å². The maximum Gasteiger partial charge on any atom is 0.186 e. The number of thiocarbonyl (C=S) groups is 1. The highest BCUT2D eigenvalue weighted by Crippen LogP contribution is 2.21. The largest absolute Gasteiger partial charge is 0.362 e. The molecule has 25 heavy (non-hydrogen) atoms. The van der Waals surface area contributed by atoms with Gasteiger partial charge in [0.25, 0.3) is 0 Å². The molecule has 0 aliphatic rings. The summed E-state index contributed by atoms with van der Waals surface area (Å²) >= 11 is 5.10. The minimum Gasteiger partial charge on any atom is -0.362 e. The summed E-state index contributed by atoms with van der Waals surface area (Å²) in [5, 5.41) is 8.78. The molecule has 0 atom stereocenters. The summed E-state index contributed by atoms with van der Waals surface area (Å²) in [4.78, 5) is 0. The number of hydrazone groups is 1. The molecule has 1 aromatic heterocycles. The molecular weight excluding hydrogens is 335 g/mol. The van der Waals surface area contributed by atoms with Crippen molar-refractivity contribution in [2.75, 3.05) is 6.54 Å². The van der Waals surface area contributed by atoms with Crippen molar-refractivity contribution in [3.8, 4) is 0 Å². The van der Waals surface area contributed by atoms with Crippen molar-refractivity contribution < 1.29 is 4.39 Å². The summed E-state index contributed by atoms with van der Waals surface area (Å²) in [6.45, 7) is 3.39. The highest BCUT2D eigenvalue weighted by Gasteiger charge is 2.07. The lowest BCUT2D eigenvalue weighted by molar-refractivity contribution is 0.626. The van der Waals surface area contributed by atoms with Crippen molar-refractivity contribution in [2.45, 2.75) is 13.5 Å². The molecule has 0 amide bonds. The zero-order valence-electron chi connectivity index (χ0n) is 13.9. The number of rotatable bonds is 5. The number of hydrogen-bond acceptors (Lipinski definition) is 2. The van der Waals surface area contributed by atoms with E-state index in [4.69, 9.17) is 12.2 Å². The second kappa shape index (κ2) is 7.90. The van der Waals surface area contributed by atoms with E-state index in [0.717, 1.165) is 28.6 Å². The smallest absolute Gasteiger partial charge is 0.186 e. The van der Waals surface area contributed by atoms with E-state index < -0.39 is 0 Å². The molecule has 6 heteroatoms. The Morgan fingerprint density at radius 2 is 1.96 bits per heavy atom. The van der Waals surface area contributed by atoms with Crippen molar-refractivity contribution in [3.05, 3.63) is 71.7 Å². The molecule has 3 aromatic rings. The molecule has 0 saturated carbocycles. The first kappa shape index (κ1) is 17.1. The van der Waals surface area contributed by atoms with Crippen molar-refractivity contribution in [1.29, 1.82) is 0 Å². The van der Waals surface area contributed by atoms with E-state index in [1.54, 1.807) is 18.3 Å². The van der Waals surface area contributed by atoms with E-state index >= 15 is 0 Å². The minimum absolute atomic E-state index is 0.225. The van der Waals surface area contributed by atoms with Crippen molar-refractivity contribution in [3.63, 3.8) is 0 Å². The van der Waals surface area contributed by atoms with Gasteiger partial charge in [-0.15, -0.1) is 0 Å². The van der Waals surface area contributed by atoms with Crippen LogP contribution in [0, 0.1) is 5.82 Å². The quantitative estimate of drug-likeness (QED) is 0.417. The van der Waals surface area contributed by atoms with Crippen LogP contribution in [0.3, 0.4) is 0 Å². The zero-order chi connectivity index (χ0) is 17.6. The van der Waals surface area contributed by atoms with Crippen LogP contribution in [0.25, 0.3) is 10.9 Å². The molecule has 4 nitrogen and oxygen atoms in total. The van der Waals surface area contributed by atoms with Crippen LogP contribution in [0.4, 0.5) is 4.39 Å². The lowest BCUT2D eigenvalue weighted by Crippen LogP contribution is -2.31. The number of para-hydroxylation sites is 1. The van der Waals surface area contributed by atoms with E-state index in [0.29, 0.717) is 11.7 Å². The lowest BCUT2D eigenvalue weighted by atomic mass is 10.2. The summed E-state index contributed by atoms with van der Waals surface area (Å²) in [5.41, 5.74) is 5.93. The maximum absolute atomic E-state index is 13.1. The topological polar surface area (TPSA) is 41.4 Å². The van der Waals surface area contributed by atoms with E-state index in [9.17, 15) is 4.39 Å². The summed E-state index contributed by atoms with van der Waals surface area (Å²) in [7, 11) is 0. The third-order valence-corrected chi connectivity index (χ3v) is 4.03. The Labute approximate surface area is 151 Å². The van der Waals surface area contributed by atoms with Crippen molar-refractivity contribution >= 4 is 34.4 Å². The second-order valence-electron chi connectivity index (χ2n) is 5.59. The standard InChI is InChI=1S/C19H19FN4S/c1-2-21-19(25)23-22-11-15-13-24(18-6-4-3-5-17(15)18)12-14-7-9-16(20)10-8-14/h3-11,13H,2,12H2,1H3,(H2,21,23,25). The lowest BCUT2D eigenvalue weighted by Gasteiger charge is -2.05. The Morgan fingerprint density at radius 1 is 1.20 bits per heavy atom. The predicted octanol–water partition coefficient (Wildman–Crippen LogP) is 3.65. The highest BCUT2D eigenvalue weighted by atomic mass is 32.1. The molecule has 2 N–H and O–H groups in total. The Balaban J connectivity index is 1.86. The van der Waals surface area contributed by atoms with Crippen LogP contribution >= 0.6 is 12.2 Å². The van der Waals surface area contributed by atoms with Crippen molar-refractivity contribution in [1.82, 2.24) is 15.3 Å². The van der Waals surface area contributed by atoms with E-state index in [2.05, 4.69) is 32.5 Å². The Morgan fingerprint density at radius 3 is 2.72 bits per heavy atom. The van der Waals surface area contributed by atoms with Crippen LogP contribution in [0.15, 0.2) is 59.8 Å². The molecule has 0 spiro atoms. The van der Waals surface area contributed by atoms with Gasteiger partial charge in [0.1, 0.15) is 5.82 Å². The Hall–Kier alpha value is -2.73. The number of aromatic nitrogens is 1. The second-order valence-corrected chi connectivity index (χ2v) is 5.99. The number of fused-ring (bicyclic) bond motifs is 1. The first-order valence-electron chi connectivity index (χ1n) is 8.06. The number of nitrogens with one attached hydrogen (secondary N) is 2. The van der Waals surface area contributed by atoms with Gasteiger partial charge in [0.2, 0.25) is 0 Å². The SMILES string of the molecule is CCNC(=S)NN=Cc1cn(Cc2ccc(F)cc2)c2ccccc12. The third-order valence-electron chi connectivity index (χ3n) is 3.79. The highest BCUT2D eigenvalue weighted by molar-refractivity contribution is 7.80. The molecule has 0 aliphatic carbocycles. The molecule has 1 heterocycles. The third kappa shape index (κ3) is 4.22. The van der Waals surface area contributed by atoms with Gasteiger partial charge in [-0.3, -0.25) is 5.43 Å². The van der Waals surface area contributed by atoms with Gasteiger partial charge in [0.15, 0.2) is 5.11 Å². The number of nitrogens with zero attached hydrogens (tertiary/aromatic N) is 2. The molecule has 0 aliphatic heterocycles. The average Bonchev–Trinajstić information content (AvgIpc) is 2.95. The fraction of sp³-hybridized carbons (Fsp3) is 0.158. The van der Waals surface area contributed by atoms with E-state index in [-0.39, 0.29) is 5.82 Å². The molecule has 3 rings (SSSR count). The molecule has 0 unspecified atom stereocenters. The molecule has 2 aromatic carbocycles. The Bertz CT molecular complexity index is 899. The van der Waals surface area contributed by atoms with Crippen LogP contribution in [-0.2, 0) is 6.54 Å². The molecule has 0 saturated heterocycles. The minimum atomic E-state index is -0.225. The summed E-state index contributed by atoms with van der Waals surface area (Å²) in [5.74, 6) is -0.225. The fourth-order valence-electron chi connectivity index (χ4n) is 2.66. The van der Waals surface area contributed by atoms with Gasteiger partial charge in [-0.2, -0.15) is 5.10 Å². The normalized spacial score (nSPS) is 11.1. The fourth-order valence-corrected chi connectivity index (χ4v) is 2.85. The summed E-state index contributed by atoms with van der Waals surface area (Å²) < 4.78 is 15.2. The van der Waals surface area contributed by atoms with Gasteiger partial charge in [-0.25, -0.2) is 4.39 Å². The van der Waals surface area contributed by atoms with Gasteiger partial charge in [-0.1, -0.05) is 30.3 Å². The van der Waals surface area contributed by atoms with E-state index in [1.807, 2.05) is 25.3 Å². The van der Waals surface area contributed by atoms with Gasteiger partial charge in [0, 0.05) is 35.8 Å². The van der Waals surface area contributed by atoms with Crippen LogP contribution in [-0.4, -0.2) is 22.4 Å². The van der Waals surface area contributed by atoms with Crippen LogP contribution in [0.1, 0.15) is 18.1 Å². The number of benzene rings is 2. The Kier molecular flexibility index (Phi) is 5.40. The molecule has 0 radical (unpaired) electrons. The van der Waals surface area contributed by atoms with Crippen LogP contribution < -0.4 is 10.7 Å². The number of halogens is 1. The first-order valence-corrected chi connectivity index (χ1v) is 8.47. The molecule has 0 fully saturated rings. The first-order chi connectivity index (χ1) is 12.2. The molecule has 128 valence electrons. The average molecular weight is 354 g/mol. The monoisotopic (exact) mass is 354 g/mol. The van der Waals surface area contributed by atoms with Gasteiger partial charge < -0.3 is 9.88 Å². The zero-order valence-corrected chi connectivity index (χ0v) is 14.7. The van der Waals surface area contributed by atoms with Gasteiger partial charge >= 0.3 is 0 Å². The van der Waals surface area contributed by atoms with Crippen LogP contribution in [0.2, 0.25) is 0 Å². The van der Waals surface area contributed by atoms with Gasteiger partial charge in [0.05, 0.1) is 6.21 Å². The molecular formula is C19H19FN4S. The summed E-state index contributed by atoms with van der Waals surface area (Å²) in [6, 6.07) is 14.7. The van der Waals surface area contributed by atoms with Crippen LogP contribution in [0.5, 0.6) is 0 Å².